The van der Waals surface area contributed by atoms with Crippen molar-refractivity contribution in [3.63, 3.8) is 0 Å². The maximum absolute atomic E-state index is 5.36. The quantitative estimate of drug-likeness (QED) is 0.753. The lowest BCUT2D eigenvalue weighted by Gasteiger charge is -2.06. The predicted molar refractivity (Wildman–Crippen MR) is 65.4 cm³/mol. The van der Waals surface area contributed by atoms with Crippen LogP contribution in [0.1, 0.15) is 5.76 Å². The van der Waals surface area contributed by atoms with Gasteiger partial charge in [0.15, 0.2) is 6.39 Å². The lowest BCUT2D eigenvalue weighted by atomic mass is 10.4. The Balaban J connectivity index is 1.80. The average molecular weight is 249 g/mol. The summed E-state index contributed by atoms with van der Waals surface area (Å²) in [5.74, 6) is 1.35. The van der Waals surface area contributed by atoms with Crippen molar-refractivity contribution in [3.8, 4) is 5.88 Å². The number of nitrogens with one attached hydrogen (secondary N) is 1. The molecule has 2 rings (SSSR count). The molecule has 0 aromatic carbocycles. The number of ether oxygens (including phenoxy) is 2. The Bertz CT molecular complexity index is 442. The van der Waals surface area contributed by atoms with E-state index in [0.717, 1.165) is 11.4 Å². The number of rotatable bonds is 7. The van der Waals surface area contributed by atoms with Crippen molar-refractivity contribution in [2.75, 3.05) is 25.6 Å². The molecule has 2 aromatic rings. The van der Waals surface area contributed by atoms with E-state index >= 15 is 0 Å². The third-order valence-corrected chi connectivity index (χ3v) is 2.22. The predicted octanol–water partition coefficient (Wildman–Crippen LogP) is 1.71. The number of pyridine rings is 1. The van der Waals surface area contributed by atoms with Crippen molar-refractivity contribution in [1.29, 1.82) is 0 Å². The van der Waals surface area contributed by atoms with Gasteiger partial charge in [0.2, 0.25) is 5.88 Å². The molecule has 2 aromatic heterocycles. The van der Waals surface area contributed by atoms with Crippen LogP contribution in [0.2, 0.25) is 0 Å². The summed E-state index contributed by atoms with van der Waals surface area (Å²) in [4.78, 5) is 8.00. The average Bonchev–Trinajstić information content (AvgIpc) is 2.91. The Hall–Kier alpha value is -2.08. The highest BCUT2D eigenvalue weighted by Crippen LogP contribution is 2.12. The lowest BCUT2D eigenvalue weighted by Crippen LogP contribution is -2.05. The topological polar surface area (TPSA) is 69.4 Å². The van der Waals surface area contributed by atoms with Crippen LogP contribution >= 0.6 is 0 Å². The smallest absolute Gasteiger partial charge is 0.213 e. The van der Waals surface area contributed by atoms with E-state index in [1.807, 2.05) is 6.07 Å². The second kappa shape index (κ2) is 6.61. The number of methoxy groups -OCH3 is 1. The molecule has 6 heteroatoms. The summed E-state index contributed by atoms with van der Waals surface area (Å²) in [5, 5.41) is 3.17. The van der Waals surface area contributed by atoms with E-state index in [1.54, 1.807) is 25.6 Å². The van der Waals surface area contributed by atoms with Gasteiger partial charge in [-0.1, -0.05) is 0 Å². The summed E-state index contributed by atoms with van der Waals surface area (Å²) in [6.45, 7) is 1.62. The number of nitrogens with zero attached hydrogens (tertiary/aromatic N) is 2. The van der Waals surface area contributed by atoms with Crippen LogP contribution in [0, 0.1) is 0 Å². The van der Waals surface area contributed by atoms with Crippen LogP contribution in [-0.4, -0.2) is 30.3 Å². The van der Waals surface area contributed by atoms with Crippen LogP contribution in [0.3, 0.4) is 0 Å². The molecular formula is C12H15N3O3. The van der Waals surface area contributed by atoms with Crippen molar-refractivity contribution in [2.45, 2.75) is 6.54 Å². The molecule has 6 nitrogen and oxygen atoms in total. The third kappa shape index (κ3) is 3.74. The van der Waals surface area contributed by atoms with Gasteiger partial charge in [-0.05, 0) is 6.07 Å². The van der Waals surface area contributed by atoms with E-state index in [1.165, 1.54) is 6.39 Å². The minimum atomic E-state index is 0.494. The van der Waals surface area contributed by atoms with Gasteiger partial charge in [-0.2, -0.15) is 0 Å². The van der Waals surface area contributed by atoms with Crippen LogP contribution in [0.15, 0.2) is 35.3 Å². The van der Waals surface area contributed by atoms with Gasteiger partial charge >= 0.3 is 0 Å². The van der Waals surface area contributed by atoms with Gasteiger partial charge < -0.3 is 19.2 Å². The van der Waals surface area contributed by atoms with Crippen LogP contribution in [-0.2, 0) is 11.3 Å². The second-order valence-electron chi connectivity index (χ2n) is 3.55. The highest BCUT2D eigenvalue weighted by Gasteiger charge is 1.99. The van der Waals surface area contributed by atoms with E-state index in [0.29, 0.717) is 25.6 Å². The third-order valence-electron chi connectivity index (χ3n) is 2.22. The number of hydrogen-bond donors (Lipinski definition) is 1. The summed E-state index contributed by atoms with van der Waals surface area (Å²) >= 11 is 0. The zero-order valence-corrected chi connectivity index (χ0v) is 10.1. The molecule has 0 bridgehead atoms. The second-order valence-corrected chi connectivity index (χ2v) is 3.55. The van der Waals surface area contributed by atoms with Crippen LogP contribution in [0.4, 0.5) is 5.69 Å². The van der Waals surface area contributed by atoms with E-state index in [-0.39, 0.29) is 0 Å². The molecule has 0 aliphatic carbocycles. The van der Waals surface area contributed by atoms with Crippen molar-refractivity contribution in [2.24, 2.45) is 0 Å². The molecule has 1 N–H and O–H groups in total. The van der Waals surface area contributed by atoms with E-state index in [4.69, 9.17) is 13.9 Å². The van der Waals surface area contributed by atoms with Crippen molar-refractivity contribution >= 4 is 5.69 Å². The normalized spacial score (nSPS) is 10.3. The van der Waals surface area contributed by atoms with Gasteiger partial charge in [-0.15, -0.1) is 0 Å². The summed E-state index contributed by atoms with van der Waals surface area (Å²) < 4.78 is 15.4. The summed E-state index contributed by atoms with van der Waals surface area (Å²) in [7, 11) is 1.63. The molecular weight excluding hydrogens is 234 g/mol. The molecule has 0 aliphatic heterocycles. The first-order valence-corrected chi connectivity index (χ1v) is 5.57. The molecule has 96 valence electrons. The van der Waals surface area contributed by atoms with Gasteiger partial charge in [0.05, 0.1) is 31.2 Å². The van der Waals surface area contributed by atoms with E-state index in [9.17, 15) is 0 Å². The molecule has 0 unspecified atom stereocenters. The fourth-order valence-corrected chi connectivity index (χ4v) is 1.32. The molecule has 0 radical (unpaired) electrons. The lowest BCUT2D eigenvalue weighted by molar-refractivity contribution is 0.144. The Morgan fingerprint density at radius 1 is 1.28 bits per heavy atom. The fourth-order valence-electron chi connectivity index (χ4n) is 1.32. The maximum Gasteiger partial charge on any atom is 0.213 e. The molecule has 0 amide bonds. The van der Waals surface area contributed by atoms with Crippen LogP contribution < -0.4 is 10.1 Å². The van der Waals surface area contributed by atoms with Gasteiger partial charge in [-0.25, -0.2) is 9.97 Å². The maximum atomic E-state index is 5.36. The van der Waals surface area contributed by atoms with Gasteiger partial charge in [0, 0.05) is 13.2 Å². The molecule has 0 fully saturated rings. The highest BCUT2D eigenvalue weighted by atomic mass is 16.5. The first kappa shape index (κ1) is 12.4. The van der Waals surface area contributed by atoms with Crippen molar-refractivity contribution in [3.05, 3.63) is 36.7 Å². The zero-order chi connectivity index (χ0) is 12.6. The Morgan fingerprint density at radius 3 is 2.89 bits per heavy atom. The monoisotopic (exact) mass is 249 g/mol. The number of oxazole rings is 1. The fraction of sp³-hybridized carbons (Fsp3) is 0.333. The molecule has 0 atom stereocenters. The molecule has 0 aliphatic rings. The van der Waals surface area contributed by atoms with Gasteiger partial charge in [0.1, 0.15) is 12.4 Å². The number of hydrogen-bond acceptors (Lipinski definition) is 6. The van der Waals surface area contributed by atoms with E-state index < -0.39 is 0 Å². The Morgan fingerprint density at radius 2 is 2.22 bits per heavy atom. The molecule has 18 heavy (non-hydrogen) atoms. The SMILES string of the molecule is COCCOc1ccc(NCc2cnco2)cn1. The largest absolute Gasteiger partial charge is 0.475 e. The van der Waals surface area contributed by atoms with Crippen LogP contribution in [0.5, 0.6) is 5.88 Å². The van der Waals surface area contributed by atoms with Crippen LogP contribution in [0.25, 0.3) is 0 Å². The van der Waals surface area contributed by atoms with Gasteiger partial charge in [-0.3, -0.25) is 0 Å². The Labute approximate surface area is 105 Å². The first-order valence-electron chi connectivity index (χ1n) is 5.57. The highest BCUT2D eigenvalue weighted by molar-refractivity contribution is 5.42. The minimum Gasteiger partial charge on any atom is -0.475 e. The van der Waals surface area contributed by atoms with Gasteiger partial charge in [0.25, 0.3) is 0 Å². The van der Waals surface area contributed by atoms with Crippen molar-refractivity contribution < 1.29 is 13.9 Å². The number of anilines is 1. The standard InChI is InChI=1S/C12H15N3O3/c1-16-4-5-17-12-3-2-10(6-15-12)14-8-11-7-13-9-18-11/h2-3,6-7,9,14H,4-5,8H2,1H3. The Kier molecular flexibility index (Phi) is 4.54. The molecule has 0 spiro atoms. The summed E-state index contributed by atoms with van der Waals surface area (Å²) in [6.07, 6.45) is 4.78. The molecule has 2 heterocycles. The van der Waals surface area contributed by atoms with E-state index in [2.05, 4.69) is 15.3 Å². The summed E-state index contributed by atoms with van der Waals surface area (Å²) in [6, 6.07) is 3.70. The number of aromatic nitrogens is 2. The minimum absolute atomic E-state index is 0.494. The van der Waals surface area contributed by atoms with Crippen molar-refractivity contribution in [1.82, 2.24) is 9.97 Å². The zero-order valence-electron chi connectivity index (χ0n) is 10.1. The summed E-state index contributed by atoms with van der Waals surface area (Å²) in [5.41, 5.74) is 0.894. The molecule has 0 saturated heterocycles. The first-order chi connectivity index (χ1) is 8.88. The molecule has 0 saturated carbocycles.